The summed E-state index contributed by atoms with van der Waals surface area (Å²) in [5, 5.41) is 15.6. The largest absolute Gasteiger partial charge is 0.465 e. The van der Waals surface area contributed by atoms with Gasteiger partial charge < -0.3 is 10.1 Å². The van der Waals surface area contributed by atoms with Crippen LogP contribution < -0.4 is 5.32 Å². The van der Waals surface area contributed by atoms with E-state index in [-0.39, 0.29) is 16.8 Å². The van der Waals surface area contributed by atoms with E-state index in [2.05, 4.69) is 5.32 Å². The Morgan fingerprint density at radius 2 is 1.71 bits per heavy atom. The highest BCUT2D eigenvalue weighted by Gasteiger charge is 2.23. The highest BCUT2D eigenvalue weighted by molar-refractivity contribution is 7.15. The minimum Gasteiger partial charge on any atom is -0.465 e. The Labute approximate surface area is 164 Å². The first-order valence-corrected chi connectivity index (χ1v) is 9.11. The summed E-state index contributed by atoms with van der Waals surface area (Å²) in [5.41, 5.74) is 2.99. The van der Waals surface area contributed by atoms with E-state index in [0.717, 1.165) is 11.1 Å². The maximum absolute atomic E-state index is 12.5. The third kappa shape index (κ3) is 3.91. The zero-order chi connectivity index (χ0) is 20.3. The summed E-state index contributed by atoms with van der Waals surface area (Å²) in [6.07, 6.45) is 0. The first-order valence-electron chi connectivity index (χ1n) is 8.23. The highest BCUT2D eigenvalue weighted by Crippen LogP contribution is 2.36. The smallest absolute Gasteiger partial charge is 0.341 e. The Balaban J connectivity index is 1.93. The van der Waals surface area contributed by atoms with E-state index >= 15 is 0 Å². The molecule has 0 aliphatic carbocycles. The molecule has 0 aliphatic rings. The van der Waals surface area contributed by atoms with Crippen LogP contribution in [-0.4, -0.2) is 23.9 Å². The molecule has 28 heavy (non-hydrogen) atoms. The molecule has 0 fully saturated rings. The van der Waals surface area contributed by atoms with E-state index in [0.29, 0.717) is 10.6 Å². The molecule has 0 radical (unpaired) electrons. The number of non-ortho nitro benzene ring substituents is 1. The number of nitro groups is 1. The molecule has 3 rings (SSSR count). The van der Waals surface area contributed by atoms with Crippen LogP contribution >= 0.6 is 11.3 Å². The Bertz CT molecular complexity index is 1040. The van der Waals surface area contributed by atoms with Crippen molar-refractivity contribution in [3.8, 4) is 11.1 Å². The van der Waals surface area contributed by atoms with E-state index in [4.69, 9.17) is 4.74 Å². The summed E-state index contributed by atoms with van der Waals surface area (Å²) in [6.45, 7) is 1.97. The summed E-state index contributed by atoms with van der Waals surface area (Å²) < 4.78 is 4.89. The molecule has 142 valence electrons. The molecule has 0 bridgehead atoms. The summed E-state index contributed by atoms with van der Waals surface area (Å²) in [7, 11) is 1.28. The number of carbonyl (C=O) groups is 2. The summed E-state index contributed by atoms with van der Waals surface area (Å²) >= 11 is 1.21. The molecule has 0 saturated carbocycles. The molecular formula is C20H16N2O5S. The van der Waals surface area contributed by atoms with E-state index < -0.39 is 16.8 Å². The Morgan fingerprint density at radius 3 is 2.29 bits per heavy atom. The van der Waals surface area contributed by atoms with Crippen molar-refractivity contribution in [1.82, 2.24) is 0 Å². The third-order valence-corrected chi connectivity index (χ3v) is 5.01. The van der Waals surface area contributed by atoms with E-state index in [1.54, 1.807) is 5.38 Å². The molecule has 7 nitrogen and oxygen atoms in total. The number of carbonyl (C=O) groups excluding carboxylic acids is 2. The Kier molecular flexibility index (Phi) is 5.51. The standard InChI is InChI=1S/C20H16N2O5S/c1-12-3-5-13(6-4-12)16-11-28-19(17(16)20(24)27-2)21-18(23)14-7-9-15(10-8-14)22(25)26/h3-11H,1-2H3,(H,21,23). The molecule has 3 aromatic rings. The predicted molar refractivity (Wildman–Crippen MR) is 107 cm³/mol. The Hall–Kier alpha value is -3.52. The van der Waals surface area contributed by atoms with Gasteiger partial charge in [-0.1, -0.05) is 29.8 Å². The van der Waals surface area contributed by atoms with Crippen LogP contribution in [0.1, 0.15) is 26.3 Å². The van der Waals surface area contributed by atoms with Crippen molar-refractivity contribution in [3.63, 3.8) is 0 Å². The van der Waals surface area contributed by atoms with Gasteiger partial charge in [0.05, 0.1) is 12.0 Å². The van der Waals surface area contributed by atoms with Crippen LogP contribution in [0, 0.1) is 17.0 Å². The lowest BCUT2D eigenvalue weighted by Gasteiger charge is -2.08. The minimum absolute atomic E-state index is 0.107. The van der Waals surface area contributed by atoms with Crippen LogP contribution in [0.2, 0.25) is 0 Å². The normalized spacial score (nSPS) is 10.4. The zero-order valence-electron chi connectivity index (χ0n) is 15.1. The van der Waals surface area contributed by atoms with Crippen molar-refractivity contribution in [2.24, 2.45) is 0 Å². The average Bonchev–Trinajstić information content (AvgIpc) is 3.11. The van der Waals surface area contributed by atoms with Crippen LogP contribution in [0.3, 0.4) is 0 Å². The molecular weight excluding hydrogens is 380 g/mol. The fraction of sp³-hybridized carbons (Fsp3) is 0.100. The molecule has 0 aliphatic heterocycles. The molecule has 0 atom stereocenters. The van der Waals surface area contributed by atoms with Gasteiger partial charge in [-0.3, -0.25) is 14.9 Å². The summed E-state index contributed by atoms with van der Waals surface area (Å²) in [6, 6.07) is 12.9. The second-order valence-electron chi connectivity index (χ2n) is 5.97. The van der Waals surface area contributed by atoms with Gasteiger partial charge >= 0.3 is 5.97 Å². The zero-order valence-corrected chi connectivity index (χ0v) is 15.9. The third-order valence-electron chi connectivity index (χ3n) is 4.11. The van der Waals surface area contributed by atoms with Crippen molar-refractivity contribution in [2.75, 3.05) is 12.4 Å². The lowest BCUT2D eigenvalue weighted by atomic mass is 10.0. The first kappa shape index (κ1) is 19.2. The topological polar surface area (TPSA) is 98.5 Å². The lowest BCUT2D eigenvalue weighted by Crippen LogP contribution is -2.14. The van der Waals surface area contributed by atoms with Gasteiger partial charge in [0, 0.05) is 28.6 Å². The molecule has 0 unspecified atom stereocenters. The van der Waals surface area contributed by atoms with Crippen molar-refractivity contribution in [1.29, 1.82) is 0 Å². The average molecular weight is 396 g/mol. The van der Waals surface area contributed by atoms with Crippen molar-refractivity contribution in [2.45, 2.75) is 6.92 Å². The number of esters is 1. The number of benzene rings is 2. The highest BCUT2D eigenvalue weighted by atomic mass is 32.1. The molecule has 0 saturated heterocycles. The number of amides is 1. The summed E-state index contributed by atoms with van der Waals surface area (Å²) in [4.78, 5) is 35.1. The van der Waals surface area contributed by atoms with Crippen LogP contribution in [0.25, 0.3) is 11.1 Å². The van der Waals surface area contributed by atoms with Crippen LogP contribution in [0.4, 0.5) is 10.7 Å². The van der Waals surface area contributed by atoms with Crippen LogP contribution in [0.15, 0.2) is 53.9 Å². The molecule has 1 aromatic heterocycles. The number of anilines is 1. The van der Waals surface area contributed by atoms with Gasteiger partial charge in [-0.25, -0.2) is 4.79 Å². The van der Waals surface area contributed by atoms with Gasteiger partial charge in [-0.15, -0.1) is 11.3 Å². The fourth-order valence-electron chi connectivity index (χ4n) is 2.61. The lowest BCUT2D eigenvalue weighted by molar-refractivity contribution is -0.384. The molecule has 1 heterocycles. The number of thiophene rings is 1. The second kappa shape index (κ2) is 8.01. The van der Waals surface area contributed by atoms with Crippen molar-refractivity contribution < 1.29 is 19.2 Å². The SMILES string of the molecule is COC(=O)c1c(-c2ccc(C)cc2)csc1NC(=O)c1ccc([N+](=O)[O-])cc1. The number of methoxy groups -OCH3 is 1. The van der Waals surface area contributed by atoms with Crippen LogP contribution in [-0.2, 0) is 4.74 Å². The van der Waals surface area contributed by atoms with E-state index in [1.807, 2.05) is 31.2 Å². The van der Waals surface area contributed by atoms with E-state index in [9.17, 15) is 19.7 Å². The predicted octanol–water partition coefficient (Wildman–Crippen LogP) is 4.67. The number of hydrogen-bond donors (Lipinski definition) is 1. The number of rotatable bonds is 5. The molecule has 1 amide bonds. The second-order valence-corrected chi connectivity index (χ2v) is 6.85. The summed E-state index contributed by atoms with van der Waals surface area (Å²) in [5.74, 6) is -1.03. The maximum atomic E-state index is 12.5. The van der Waals surface area contributed by atoms with Crippen molar-refractivity contribution >= 4 is 33.9 Å². The number of nitrogens with zero attached hydrogens (tertiary/aromatic N) is 1. The number of nitrogens with one attached hydrogen (secondary N) is 1. The maximum Gasteiger partial charge on any atom is 0.341 e. The molecule has 2 aromatic carbocycles. The Morgan fingerprint density at radius 1 is 1.07 bits per heavy atom. The first-order chi connectivity index (χ1) is 13.4. The molecule has 8 heteroatoms. The number of aryl methyl sites for hydroxylation is 1. The van der Waals surface area contributed by atoms with Crippen molar-refractivity contribution in [3.05, 3.63) is 80.7 Å². The molecule has 1 N–H and O–H groups in total. The van der Waals surface area contributed by atoms with Gasteiger partial charge in [-0.05, 0) is 24.6 Å². The number of ether oxygens (including phenoxy) is 1. The quantitative estimate of drug-likeness (QED) is 0.384. The van der Waals surface area contributed by atoms with Gasteiger partial charge in [0.15, 0.2) is 0 Å². The van der Waals surface area contributed by atoms with Gasteiger partial charge in [0.2, 0.25) is 0 Å². The number of nitro benzene ring substituents is 1. The van der Waals surface area contributed by atoms with E-state index in [1.165, 1.54) is 42.7 Å². The van der Waals surface area contributed by atoms with Gasteiger partial charge in [-0.2, -0.15) is 0 Å². The van der Waals surface area contributed by atoms with Crippen LogP contribution in [0.5, 0.6) is 0 Å². The fourth-order valence-corrected chi connectivity index (χ4v) is 3.56. The van der Waals surface area contributed by atoms with Gasteiger partial charge in [0.1, 0.15) is 10.6 Å². The molecule has 0 spiro atoms. The minimum atomic E-state index is -0.559. The van der Waals surface area contributed by atoms with Gasteiger partial charge in [0.25, 0.3) is 11.6 Å². The monoisotopic (exact) mass is 396 g/mol. The number of hydrogen-bond acceptors (Lipinski definition) is 6.